The summed E-state index contributed by atoms with van der Waals surface area (Å²) in [5.74, 6) is 1.01. The standard InChI is InChI=1S/C16H16BrClOS/c1-9-8-20-15(14(9)18)13(17)10-4-5-12-11(6-10)7-16(2,3)19-12/h4-6,8,13H,7H2,1-3H3. The van der Waals surface area contributed by atoms with Crippen molar-refractivity contribution in [2.75, 3.05) is 0 Å². The quantitative estimate of drug-likeness (QED) is 0.596. The first kappa shape index (κ1) is 14.4. The molecule has 0 saturated carbocycles. The van der Waals surface area contributed by atoms with E-state index in [1.807, 2.05) is 6.92 Å². The Morgan fingerprint density at radius 3 is 2.80 bits per heavy atom. The van der Waals surface area contributed by atoms with Crippen LogP contribution in [0.2, 0.25) is 5.02 Å². The van der Waals surface area contributed by atoms with E-state index in [0.717, 1.165) is 22.8 Å². The molecular weight excluding hydrogens is 356 g/mol. The Bertz CT molecular complexity index is 662. The minimum absolute atomic E-state index is 0.0973. The van der Waals surface area contributed by atoms with Gasteiger partial charge < -0.3 is 4.74 Å². The Balaban J connectivity index is 1.95. The van der Waals surface area contributed by atoms with Gasteiger partial charge in [0.25, 0.3) is 0 Å². The molecule has 1 aliphatic rings. The van der Waals surface area contributed by atoms with Crippen molar-refractivity contribution in [3.05, 3.63) is 50.2 Å². The number of fused-ring (bicyclic) bond motifs is 1. The largest absolute Gasteiger partial charge is 0.487 e. The van der Waals surface area contributed by atoms with Crippen LogP contribution in [-0.4, -0.2) is 5.60 Å². The van der Waals surface area contributed by atoms with E-state index in [2.05, 4.69) is 53.4 Å². The molecule has 0 spiro atoms. The summed E-state index contributed by atoms with van der Waals surface area (Å²) in [5, 5.41) is 2.97. The van der Waals surface area contributed by atoms with E-state index in [9.17, 15) is 0 Å². The van der Waals surface area contributed by atoms with Gasteiger partial charge in [-0.2, -0.15) is 0 Å². The highest BCUT2D eigenvalue weighted by Crippen LogP contribution is 2.43. The van der Waals surface area contributed by atoms with Gasteiger partial charge in [0.15, 0.2) is 0 Å². The minimum atomic E-state index is -0.0973. The lowest BCUT2D eigenvalue weighted by molar-refractivity contribution is 0.138. The monoisotopic (exact) mass is 370 g/mol. The van der Waals surface area contributed by atoms with Crippen LogP contribution in [0.5, 0.6) is 5.75 Å². The van der Waals surface area contributed by atoms with Gasteiger partial charge in [-0.1, -0.05) is 39.7 Å². The summed E-state index contributed by atoms with van der Waals surface area (Å²) in [5.41, 5.74) is 3.55. The second-order valence-electron chi connectivity index (χ2n) is 5.87. The zero-order valence-electron chi connectivity index (χ0n) is 11.7. The Hall–Kier alpha value is -0.510. The van der Waals surface area contributed by atoms with Crippen LogP contribution in [0, 0.1) is 6.92 Å². The average molecular weight is 372 g/mol. The smallest absolute Gasteiger partial charge is 0.123 e. The van der Waals surface area contributed by atoms with Crippen molar-refractivity contribution in [1.29, 1.82) is 0 Å². The van der Waals surface area contributed by atoms with E-state index in [-0.39, 0.29) is 10.4 Å². The van der Waals surface area contributed by atoms with E-state index in [1.54, 1.807) is 11.3 Å². The zero-order chi connectivity index (χ0) is 14.5. The number of aryl methyl sites for hydroxylation is 1. The maximum atomic E-state index is 6.37. The summed E-state index contributed by atoms with van der Waals surface area (Å²) < 4.78 is 5.92. The number of halogens is 2. The Labute approximate surface area is 137 Å². The third-order valence-corrected chi connectivity index (χ3v) is 6.60. The zero-order valence-corrected chi connectivity index (χ0v) is 14.8. The lowest BCUT2D eigenvalue weighted by Crippen LogP contribution is -2.24. The van der Waals surface area contributed by atoms with E-state index < -0.39 is 0 Å². The summed E-state index contributed by atoms with van der Waals surface area (Å²) >= 11 is 11.9. The first-order valence-electron chi connectivity index (χ1n) is 6.57. The van der Waals surface area contributed by atoms with Crippen molar-refractivity contribution in [3.63, 3.8) is 0 Å². The fourth-order valence-electron chi connectivity index (χ4n) is 2.56. The summed E-state index contributed by atoms with van der Waals surface area (Å²) in [7, 11) is 0. The van der Waals surface area contributed by atoms with Gasteiger partial charge >= 0.3 is 0 Å². The van der Waals surface area contributed by atoms with Crippen LogP contribution in [0.1, 0.15) is 40.2 Å². The molecule has 1 atom stereocenters. The molecule has 1 aliphatic heterocycles. The van der Waals surface area contributed by atoms with Crippen LogP contribution in [0.4, 0.5) is 0 Å². The molecule has 1 unspecified atom stereocenters. The summed E-state index contributed by atoms with van der Waals surface area (Å²) in [4.78, 5) is 1.31. The normalized spacial score (nSPS) is 17.6. The lowest BCUT2D eigenvalue weighted by Gasteiger charge is -2.16. The SMILES string of the molecule is Cc1csc(C(Br)c2ccc3c(c2)CC(C)(C)O3)c1Cl. The molecule has 0 radical (unpaired) electrons. The van der Waals surface area contributed by atoms with Crippen molar-refractivity contribution < 1.29 is 4.74 Å². The third-order valence-electron chi connectivity index (χ3n) is 3.54. The first-order valence-corrected chi connectivity index (χ1v) is 8.74. The van der Waals surface area contributed by atoms with Crippen molar-refractivity contribution in [2.24, 2.45) is 0 Å². The highest BCUT2D eigenvalue weighted by atomic mass is 79.9. The van der Waals surface area contributed by atoms with E-state index in [4.69, 9.17) is 16.3 Å². The number of hydrogen-bond acceptors (Lipinski definition) is 2. The Morgan fingerprint density at radius 2 is 2.15 bits per heavy atom. The molecule has 0 saturated heterocycles. The van der Waals surface area contributed by atoms with Gasteiger partial charge in [0.05, 0.1) is 9.85 Å². The maximum Gasteiger partial charge on any atom is 0.123 e. The number of thiophene rings is 1. The molecule has 1 aromatic heterocycles. The van der Waals surface area contributed by atoms with Gasteiger partial charge in [-0.3, -0.25) is 0 Å². The van der Waals surface area contributed by atoms with Crippen molar-refractivity contribution in [1.82, 2.24) is 0 Å². The second-order valence-corrected chi connectivity index (χ2v) is 8.07. The Kier molecular flexibility index (Phi) is 3.64. The van der Waals surface area contributed by atoms with E-state index in [1.165, 1.54) is 16.0 Å². The van der Waals surface area contributed by atoms with Crippen LogP contribution in [-0.2, 0) is 6.42 Å². The molecule has 1 nitrogen and oxygen atoms in total. The molecule has 3 rings (SSSR count). The van der Waals surface area contributed by atoms with Gasteiger partial charge in [0.1, 0.15) is 11.4 Å². The van der Waals surface area contributed by atoms with Gasteiger partial charge in [0, 0.05) is 11.3 Å². The predicted octanol–water partition coefficient (Wildman–Crippen LogP) is 5.91. The summed E-state index contributed by atoms with van der Waals surface area (Å²) in [6.07, 6.45) is 0.951. The molecule has 0 amide bonds. The van der Waals surface area contributed by atoms with E-state index >= 15 is 0 Å². The molecule has 4 heteroatoms. The van der Waals surface area contributed by atoms with Crippen LogP contribution in [0.15, 0.2) is 23.6 Å². The molecular formula is C16H16BrClOS. The molecule has 106 valence electrons. The van der Waals surface area contributed by atoms with Gasteiger partial charge in [0.2, 0.25) is 0 Å². The fourth-order valence-corrected chi connectivity index (χ4v) is 4.83. The highest BCUT2D eigenvalue weighted by Gasteiger charge is 2.30. The molecule has 2 aromatic rings. The molecule has 0 N–H and O–H groups in total. The molecule has 0 bridgehead atoms. The third kappa shape index (κ3) is 2.51. The summed E-state index contributed by atoms with van der Waals surface area (Å²) in [6.45, 7) is 6.29. The van der Waals surface area contributed by atoms with Crippen molar-refractivity contribution >= 4 is 38.9 Å². The molecule has 0 aliphatic carbocycles. The Morgan fingerprint density at radius 1 is 1.40 bits per heavy atom. The number of benzene rings is 1. The minimum Gasteiger partial charge on any atom is -0.487 e. The van der Waals surface area contributed by atoms with Crippen LogP contribution in [0.3, 0.4) is 0 Å². The summed E-state index contributed by atoms with van der Waals surface area (Å²) in [6, 6.07) is 6.42. The van der Waals surface area contributed by atoms with Crippen LogP contribution in [0.25, 0.3) is 0 Å². The number of alkyl halides is 1. The van der Waals surface area contributed by atoms with Crippen LogP contribution < -0.4 is 4.74 Å². The predicted molar refractivity (Wildman–Crippen MR) is 89.7 cm³/mol. The molecule has 1 aromatic carbocycles. The fraction of sp³-hybridized carbons (Fsp3) is 0.375. The average Bonchev–Trinajstić information content (AvgIpc) is 2.87. The van der Waals surface area contributed by atoms with Gasteiger partial charge in [-0.25, -0.2) is 0 Å². The number of hydrogen-bond donors (Lipinski definition) is 0. The van der Waals surface area contributed by atoms with Crippen molar-refractivity contribution in [2.45, 2.75) is 37.6 Å². The number of rotatable bonds is 2. The van der Waals surface area contributed by atoms with E-state index in [0.29, 0.717) is 0 Å². The van der Waals surface area contributed by atoms with Gasteiger partial charge in [-0.15, -0.1) is 11.3 Å². The molecule has 20 heavy (non-hydrogen) atoms. The first-order chi connectivity index (χ1) is 9.37. The lowest BCUT2D eigenvalue weighted by atomic mass is 9.99. The maximum absolute atomic E-state index is 6.37. The molecule has 2 heterocycles. The number of ether oxygens (including phenoxy) is 1. The van der Waals surface area contributed by atoms with Crippen molar-refractivity contribution in [3.8, 4) is 5.75 Å². The second kappa shape index (κ2) is 5.04. The highest BCUT2D eigenvalue weighted by molar-refractivity contribution is 9.09. The molecule has 0 fully saturated rings. The topological polar surface area (TPSA) is 9.23 Å². The van der Waals surface area contributed by atoms with Crippen LogP contribution >= 0.6 is 38.9 Å². The van der Waals surface area contributed by atoms with Gasteiger partial charge in [-0.05, 0) is 48.9 Å².